The van der Waals surface area contributed by atoms with Gasteiger partial charge in [0.1, 0.15) is 17.3 Å². The number of rotatable bonds is 4. The molecule has 0 radical (unpaired) electrons. The molecule has 0 aliphatic carbocycles. The van der Waals surface area contributed by atoms with Crippen molar-refractivity contribution in [1.29, 1.82) is 0 Å². The number of hydrogen-bond donors (Lipinski definition) is 1. The molecule has 25 heavy (non-hydrogen) atoms. The standard InChI is InChI=1S/C15H9ClF2N4O2S/c16-8-1-4-12-20-14(21-15(24)22(12)6-8)25-7-13(23)19-11-3-2-9(17)5-10(11)18/h1-6H,7H2,(H,19,23). The first-order chi connectivity index (χ1) is 11.9. The van der Waals surface area contributed by atoms with Crippen molar-refractivity contribution in [1.82, 2.24) is 14.4 Å². The van der Waals surface area contributed by atoms with Gasteiger partial charge in [-0.05, 0) is 24.3 Å². The fourth-order valence-electron chi connectivity index (χ4n) is 1.94. The van der Waals surface area contributed by atoms with E-state index in [1.807, 2.05) is 0 Å². The highest BCUT2D eigenvalue weighted by atomic mass is 35.5. The normalized spacial score (nSPS) is 10.8. The van der Waals surface area contributed by atoms with Crippen molar-refractivity contribution in [2.24, 2.45) is 0 Å². The molecule has 3 aromatic rings. The Kier molecular flexibility index (Phi) is 4.95. The predicted octanol–water partition coefficient (Wildman–Crippen LogP) is 2.75. The van der Waals surface area contributed by atoms with Gasteiger partial charge in [-0.2, -0.15) is 4.98 Å². The minimum Gasteiger partial charge on any atom is -0.323 e. The zero-order chi connectivity index (χ0) is 18.0. The van der Waals surface area contributed by atoms with Crippen LogP contribution in [0.25, 0.3) is 5.65 Å². The van der Waals surface area contributed by atoms with Gasteiger partial charge >= 0.3 is 5.69 Å². The zero-order valence-corrected chi connectivity index (χ0v) is 13.9. The highest BCUT2D eigenvalue weighted by molar-refractivity contribution is 7.99. The van der Waals surface area contributed by atoms with Crippen LogP contribution in [0, 0.1) is 11.6 Å². The summed E-state index contributed by atoms with van der Waals surface area (Å²) in [4.78, 5) is 31.7. The zero-order valence-electron chi connectivity index (χ0n) is 12.4. The molecule has 0 saturated heterocycles. The maximum Gasteiger partial charge on any atom is 0.355 e. The van der Waals surface area contributed by atoms with E-state index in [0.717, 1.165) is 23.9 Å². The monoisotopic (exact) mass is 382 g/mol. The number of carbonyl (C=O) groups excluding carboxylic acids is 1. The Morgan fingerprint density at radius 1 is 1.24 bits per heavy atom. The largest absolute Gasteiger partial charge is 0.355 e. The molecule has 0 fully saturated rings. The van der Waals surface area contributed by atoms with E-state index in [9.17, 15) is 18.4 Å². The van der Waals surface area contributed by atoms with Crippen LogP contribution in [0.2, 0.25) is 5.02 Å². The first-order valence-electron chi connectivity index (χ1n) is 6.86. The Labute approximate surface area is 148 Å². The Bertz CT molecular complexity index is 1030. The fourth-order valence-corrected chi connectivity index (χ4v) is 2.74. The van der Waals surface area contributed by atoms with E-state index in [1.54, 1.807) is 12.1 Å². The second-order valence-electron chi connectivity index (χ2n) is 4.83. The van der Waals surface area contributed by atoms with E-state index in [2.05, 4.69) is 15.3 Å². The van der Waals surface area contributed by atoms with Crippen molar-refractivity contribution in [3.63, 3.8) is 0 Å². The van der Waals surface area contributed by atoms with Crippen molar-refractivity contribution >= 4 is 40.6 Å². The molecule has 1 aromatic carbocycles. The van der Waals surface area contributed by atoms with Gasteiger partial charge in [0, 0.05) is 12.3 Å². The third-order valence-corrected chi connectivity index (χ3v) is 4.11. The molecular weight excluding hydrogens is 374 g/mol. The van der Waals surface area contributed by atoms with Crippen LogP contribution in [-0.2, 0) is 4.79 Å². The molecule has 0 atom stereocenters. The van der Waals surface area contributed by atoms with Gasteiger partial charge in [-0.3, -0.25) is 4.79 Å². The van der Waals surface area contributed by atoms with Crippen LogP contribution in [-0.4, -0.2) is 26.0 Å². The summed E-state index contributed by atoms with van der Waals surface area (Å²) in [6.45, 7) is 0. The average molecular weight is 383 g/mol. The summed E-state index contributed by atoms with van der Waals surface area (Å²) < 4.78 is 27.5. The number of hydrogen-bond acceptors (Lipinski definition) is 5. The van der Waals surface area contributed by atoms with Gasteiger partial charge in [0.05, 0.1) is 16.5 Å². The van der Waals surface area contributed by atoms with Gasteiger partial charge in [-0.1, -0.05) is 23.4 Å². The first kappa shape index (κ1) is 17.3. The Hall–Kier alpha value is -2.52. The van der Waals surface area contributed by atoms with Gasteiger partial charge in [0.15, 0.2) is 5.16 Å². The molecule has 10 heteroatoms. The maximum atomic E-state index is 13.5. The highest BCUT2D eigenvalue weighted by Crippen LogP contribution is 2.17. The Morgan fingerprint density at radius 2 is 2.04 bits per heavy atom. The van der Waals surface area contributed by atoms with E-state index >= 15 is 0 Å². The van der Waals surface area contributed by atoms with Crippen LogP contribution in [0.1, 0.15) is 0 Å². The number of nitrogens with one attached hydrogen (secondary N) is 1. The number of amides is 1. The number of halogens is 3. The van der Waals surface area contributed by atoms with Crippen LogP contribution in [0.3, 0.4) is 0 Å². The van der Waals surface area contributed by atoms with E-state index in [-0.39, 0.29) is 16.6 Å². The van der Waals surface area contributed by atoms with Crippen molar-refractivity contribution < 1.29 is 13.6 Å². The molecule has 1 N–H and O–H groups in total. The lowest BCUT2D eigenvalue weighted by molar-refractivity contribution is -0.113. The molecule has 128 valence electrons. The van der Waals surface area contributed by atoms with Crippen molar-refractivity contribution in [3.05, 3.63) is 63.7 Å². The number of nitrogens with zero attached hydrogens (tertiary/aromatic N) is 3. The van der Waals surface area contributed by atoms with Gasteiger partial charge in [0.25, 0.3) is 0 Å². The Balaban J connectivity index is 1.70. The number of thioether (sulfide) groups is 1. The topological polar surface area (TPSA) is 76.4 Å². The van der Waals surface area contributed by atoms with Crippen molar-refractivity contribution in [2.45, 2.75) is 5.16 Å². The van der Waals surface area contributed by atoms with Gasteiger partial charge in [-0.25, -0.2) is 23.0 Å². The summed E-state index contributed by atoms with van der Waals surface area (Å²) in [7, 11) is 0. The number of carbonyl (C=O) groups is 1. The molecule has 0 spiro atoms. The summed E-state index contributed by atoms with van der Waals surface area (Å²) in [5.74, 6) is -2.32. The van der Waals surface area contributed by atoms with Gasteiger partial charge < -0.3 is 5.32 Å². The molecule has 1 amide bonds. The number of aromatic nitrogens is 3. The Morgan fingerprint density at radius 3 is 2.80 bits per heavy atom. The lowest BCUT2D eigenvalue weighted by Crippen LogP contribution is -2.20. The van der Waals surface area contributed by atoms with Crippen LogP contribution in [0.5, 0.6) is 0 Å². The second kappa shape index (κ2) is 7.16. The predicted molar refractivity (Wildman–Crippen MR) is 90.0 cm³/mol. The highest BCUT2D eigenvalue weighted by Gasteiger charge is 2.11. The minimum atomic E-state index is -0.879. The first-order valence-corrected chi connectivity index (χ1v) is 8.22. The molecule has 0 aliphatic rings. The molecule has 2 aromatic heterocycles. The third-order valence-electron chi connectivity index (χ3n) is 3.04. The summed E-state index contributed by atoms with van der Waals surface area (Å²) in [6.07, 6.45) is 1.39. The maximum absolute atomic E-state index is 13.5. The number of anilines is 1. The quantitative estimate of drug-likeness (QED) is 0.702. The molecule has 0 aliphatic heterocycles. The number of fused-ring (bicyclic) bond motifs is 1. The van der Waals surface area contributed by atoms with Crippen LogP contribution in [0.4, 0.5) is 14.5 Å². The molecule has 0 unspecified atom stereocenters. The number of pyridine rings is 1. The molecule has 2 heterocycles. The fraction of sp³-hybridized carbons (Fsp3) is 0.0667. The smallest absolute Gasteiger partial charge is 0.323 e. The molecule has 6 nitrogen and oxygen atoms in total. The molecule has 3 rings (SSSR count). The van der Waals surface area contributed by atoms with Gasteiger partial charge in [0.2, 0.25) is 5.91 Å². The van der Waals surface area contributed by atoms with E-state index in [1.165, 1.54) is 10.6 Å². The van der Waals surface area contributed by atoms with Crippen LogP contribution < -0.4 is 11.0 Å². The van der Waals surface area contributed by atoms with Crippen LogP contribution in [0.15, 0.2) is 46.5 Å². The molecular formula is C15H9ClF2N4O2S. The lowest BCUT2D eigenvalue weighted by Gasteiger charge is -2.06. The SMILES string of the molecule is O=C(CSc1nc(=O)n2cc(Cl)ccc2n1)Nc1ccc(F)cc1F. The summed E-state index contributed by atoms with van der Waals surface area (Å²) in [5, 5.41) is 2.77. The van der Waals surface area contributed by atoms with E-state index in [4.69, 9.17) is 11.6 Å². The van der Waals surface area contributed by atoms with Crippen LogP contribution >= 0.6 is 23.4 Å². The third kappa shape index (κ3) is 4.12. The lowest BCUT2D eigenvalue weighted by atomic mass is 10.3. The van der Waals surface area contributed by atoms with E-state index < -0.39 is 23.2 Å². The number of benzene rings is 1. The summed E-state index contributed by atoms with van der Waals surface area (Å²) in [5.41, 5.74) is -0.391. The molecule has 0 bridgehead atoms. The second-order valence-corrected chi connectivity index (χ2v) is 6.20. The van der Waals surface area contributed by atoms with Crippen molar-refractivity contribution in [2.75, 3.05) is 11.1 Å². The summed E-state index contributed by atoms with van der Waals surface area (Å²) >= 11 is 6.72. The minimum absolute atomic E-state index is 0.0991. The van der Waals surface area contributed by atoms with Gasteiger partial charge in [-0.15, -0.1) is 0 Å². The average Bonchev–Trinajstić information content (AvgIpc) is 2.56. The van der Waals surface area contributed by atoms with Crippen molar-refractivity contribution in [3.8, 4) is 0 Å². The summed E-state index contributed by atoms with van der Waals surface area (Å²) in [6, 6.07) is 5.94. The van der Waals surface area contributed by atoms with E-state index in [0.29, 0.717) is 16.7 Å². The molecule has 0 saturated carbocycles.